The van der Waals surface area contributed by atoms with Crippen LogP contribution in [-0.4, -0.2) is 52.8 Å². The van der Waals surface area contributed by atoms with Gasteiger partial charge in [0.05, 0.1) is 5.71 Å². The standard InChI is InChI=1S/C24H29N5O4/c30-21(10-9-20-26-19-4-2-1-3-18(19)22(31)27-20)25-17-7-5-15(6-8-17)23-28-29-24(33-23)16-11-13-32-14-12-16/h1-4,15-18H,5-14H2,(H,25,30). The number of fused-ring (bicyclic) bond motifs is 1. The van der Waals surface area contributed by atoms with Crippen LogP contribution in [0.2, 0.25) is 0 Å². The summed E-state index contributed by atoms with van der Waals surface area (Å²) in [6, 6.07) is 0.142. The molecular formula is C24H29N5O4. The largest absolute Gasteiger partial charge is 0.425 e. The Morgan fingerprint density at radius 3 is 2.45 bits per heavy atom. The van der Waals surface area contributed by atoms with E-state index >= 15 is 0 Å². The molecule has 33 heavy (non-hydrogen) atoms. The molecule has 2 amide bonds. The van der Waals surface area contributed by atoms with Gasteiger partial charge in [-0.2, -0.15) is 4.99 Å². The second-order valence-corrected chi connectivity index (χ2v) is 9.11. The number of aromatic nitrogens is 2. The van der Waals surface area contributed by atoms with Crippen LogP contribution in [0.15, 0.2) is 38.7 Å². The Balaban J connectivity index is 1.06. The average molecular weight is 452 g/mol. The number of carbonyl (C=O) groups excluding carboxylic acids is 2. The van der Waals surface area contributed by atoms with Gasteiger partial charge in [0.1, 0.15) is 11.8 Å². The van der Waals surface area contributed by atoms with Crippen molar-refractivity contribution in [3.8, 4) is 0 Å². The summed E-state index contributed by atoms with van der Waals surface area (Å²) in [5, 5.41) is 11.7. The van der Waals surface area contributed by atoms with Crippen LogP contribution < -0.4 is 5.32 Å². The SMILES string of the molecule is O=C(CCC1=NC(=O)C2C=CC=CC2=N1)NC1CCC(c2nnc(C3CCOCC3)o2)CC1. The first-order valence-electron chi connectivity index (χ1n) is 11.9. The van der Waals surface area contributed by atoms with Gasteiger partial charge in [-0.05, 0) is 44.6 Å². The highest BCUT2D eigenvalue weighted by molar-refractivity contribution is 6.21. The highest BCUT2D eigenvalue weighted by Crippen LogP contribution is 2.34. The molecule has 2 fully saturated rings. The van der Waals surface area contributed by atoms with Gasteiger partial charge < -0.3 is 14.5 Å². The summed E-state index contributed by atoms with van der Waals surface area (Å²) in [7, 11) is 0. The van der Waals surface area contributed by atoms with Crippen LogP contribution in [0.1, 0.15) is 75.0 Å². The van der Waals surface area contributed by atoms with E-state index in [0.29, 0.717) is 23.9 Å². The maximum absolute atomic E-state index is 12.5. The van der Waals surface area contributed by atoms with Crippen LogP contribution in [-0.2, 0) is 14.3 Å². The molecule has 1 aromatic rings. The molecule has 9 heteroatoms. The number of carbonyl (C=O) groups is 2. The smallest absolute Gasteiger partial charge is 0.260 e. The van der Waals surface area contributed by atoms with Crippen molar-refractivity contribution < 1.29 is 18.7 Å². The first-order valence-corrected chi connectivity index (χ1v) is 11.9. The summed E-state index contributed by atoms with van der Waals surface area (Å²) in [4.78, 5) is 33.1. The normalized spacial score (nSPS) is 27.6. The average Bonchev–Trinajstić information content (AvgIpc) is 3.34. The number of hydrogen-bond donors (Lipinski definition) is 1. The molecule has 1 atom stereocenters. The predicted octanol–water partition coefficient (Wildman–Crippen LogP) is 3.01. The molecule has 1 saturated heterocycles. The van der Waals surface area contributed by atoms with Crippen molar-refractivity contribution in [2.45, 2.75) is 69.2 Å². The second kappa shape index (κ2) is 9.91. The third kappa shape index (κ3) is 5.19. The van der Waals surface area contributed by atoms with E-state index in [-0.39, 0.29) is 36.1 Å². The van der Waals surface area contributed by atoms with Gasteiger partial charge in [0, 0.05) is 43.9 Å². The molecule has 2 aliphatic carbocycles. The molecule has 2 aliphatic heterocycles. The Morgan fingerprint density at radius 1 is 0.970 bits per heavy atom. The topological polar surface area (TPSA) is 119 Å². The molecule has 9 nitrogen and oxygen atoms in total. The highest BCUT2D eigenvalue weighted by atomic mass is 16.5. The number of nitrogens with one attached hydrogen (secondary N) is 1. The van der Waals surface area contributed by atoms with E-state index in [1.165, 1.54) is 0 Å². The lowest BCUT2D eigenvalue weighted by Crippen LogP contribution is -2.37. The molecule has 3 heterocycles. The molecule has 0 radical (unpaired) electrons. The van der Waals surface area contributed by atoms with Gasteiger partial charge in [-0.15, -0.1) is 10.2 Å². The van der Waals surface area contributed by atoms with E-state index in [9.17, 15) is 9.59 Å². The van der Waals surface area contributed by atoms with Crippen LogP contribution in [0.5, 0.6) is 0 Å². The molecule has 174 valence electrons. The zero-order valence-electron chi connectivity index (χ0n) is 18.6. The summed E-state index contributed by atoms with van der Waals surface area (Å²) >= 11 is 0. The van der Waals surface area contributed by atoms with Crippen LogP contribution in [0, 0.1) is 5.92 Å². The fourth-order valence-corrected chi connectivity index (χ4v) is 4.86. The molecule has 5 rings (SSSR count). The monoisotopic (exact) mass is 451 g/mol. The van der Waals surface area contributed by atoms with E-state index < -0.39 is 0 Å². The maximum atomic E-state index is 12.5. The molecule has 1 N–H and O–H groups in total. The van der Waals surface area contributed by atoms with E-state index in [1.807, 2.05) is 18.2 Å². The van der Waals surface area contributed by atoms with E-state index in [1.54, 1.807) is 6.08 Å². The predicted molar refractivity (Wildman–Crippen MR) is 121 cm³/mol. The van der Waals surface area contributed by atoms with Crippen molar-refractivity contribution in [2.75, 3.05) is 13.2 Å². The molecular weight excluding hydrogens is 422 g/mol. The third-order valence-electron chi connectivity index (χ3n) is 6.81. The summed E-state index contributed by atoms with van der Waals surface area (Å²) in [5.74, 6) is 1.83. The van der Waals surface area contributed by atoms with Gasteiger partial charge in [0.25, 0.3) is 5.91 Å². The van der Waals surface area contributed by atoms with Gasteiger partial charge in [-0.3, -0.25) is 9.59 Å². The molecule has 0 bridgehead atoms. The molecule has 1 saturated carbocycles. The van der Waals surface area contributed by atoms with Gasteiger partial charge in [0.15, 0.2) is 0 Å². The molecule has 1 unspecified atom stereocenters. The summed E-state index contributed by atoms with van der Waals surface area (Å²) in [6.07, 6.45) is 13.4. The Morgan fingerprint density at radius 2 is 1.70 bits per heavy atom. The Hall–Kier alpha value is -2.94. The van der Waals surface area contributed by atoms with E-state index in [4.69, 9.17) is 9.15 Å². The first-order chi connectivity index (χ1) is 16.2. The number of amidine groups is 1. The van der Waals surface area contributed by atoms with Crippen molar-refractivity contribution >= 4 is 23.4 Å². The van der Waals surface area contributed by atoms with Crippen molar-refractivity contribution in [1.82, 2.24) is 15.5 Å². The summed E-state index contributed by atoms with van der Waals surface area (Å²) < 4.78 is 11.4. The van der Waals surface area contributed by atoms with Crippen LogP contribution in [0.25, 0.3) is 0 Å². The zero-order valence-corrected chi connectivity index (χ0v) is 18.6. The minimum absolute atomic E-state index is 0.0328. The lowest BCUT2D eigenvalue weighted by Gasteiger charge is -2.27. The second-order valence-electron chi connectivity index (χ2n) is 9.11. The molecule has 1 aromatic heterocycles. The van der Waals surface area contributed by atoms with Crippen molar-refractivity contribution in [3.63, 3.8) is 0 Å². The highest BCUT2D eigenvalue weighted by Gasteiger charge is 2.30. The van der Waals surface area contributed by atoms with E-state index in [2.05, 4.69) is 25.5 Å². The molecule has 0 spiro atoms. The fourth-order valence-electron chi connectivity index (χ4n) is 4.86. The van der Waals surface area contributed by atoms with Crippen molar-refractivity contribution in [2.24, 2.45) is 15.9 Å². The Kier molecular flexibility index (Phi) is 6.57. The van der Waals surface area contributed by atoms with Gasteiger partial charge in [-0.25, -0.2) is 4.99 Å². The van der Waals surface area contributed by atoms with Gasteiger partial charge in [0.2, 0.25) is 17.7 Å². The minimum Gasteiger partial charge on any atom is -0.425 e. The quantitative estimate of drug-likeness (QED) is 0.710. The lowest BCUT2D eigenvalue weighted by atomic mass is 9.86. The maximum Gasteiger partial charge on any atom is 0.260 e. The third-order valence-corrected chi connectivity index (χ3v) is 6.81. The Labute approximate surface area is 192 Å². The molecule has 4 aliphatic rings. The number of allylic oxidation sites excluding steroid dienone is 3. The van der Waals surface area contributed by atoms with Crippen molar-refractivity contribution in [3.05, 3.63) is 36.1 Å². The first kappa shape index (κ1) is 21.9. The van der Waals surface area contributed by atoms with Crippen molar-refractivity contribution in [1.29, 1.82) is 0 Å². The van der Waals surface area contributed by atoms with Gasteiger partial charge >= 0.3 is 0 Å². The minimum atomic E-state index is -0.380. The number of nitrogens with zero attached hydrogens (tertiary/aromatic N) is 4. The van der Waals surface area contributed by atoms with Crippen LogP contribution in [0.4, 0.5) is 0 Å². The zero-order chi connectivity index (χ0) is 22.6. The number of aliphatic imine (C=N–C) groups is 2. The van der Waals surface area contributed by atoms with Crippen LogP contribution >= 0.6 is 0 Å². The Bertz CT molecular complexity index is 1010. The fraction of sp³-hybridized carbons (Fsp3) is 0.583. The van der Waals surface area contributed by atoms with E-state index in [0.717, 1.165) is 63.5 Å². The summed E-state index contributed by atoms with van der Waals surface area (Å²) in [5.41, 5.74) is 0.701. The summed E-state index contributed by atoms with van der Waals surface area (Å²) in [6.45, 7) is 1.50. The number of hydrogen-bond acceptors (Lipinski definition) is 7. The van der Waals surface area contributed by atoms with Gasteiger partial charge in [-0.1, -0.05) is 18.2 Å². The number of rotatable bonds is 6. The number of amides is 2. The van der Waals surface area contributed by atoms with Crippen LogP contribution in [0.3, 0.4) is 0 Å². The number of ether oxygens (including phenoxy) is 1. The lowest BCUT2D eigenvalue weighted by molar-refractivity contribution is -0.122. The molecule has 0 aromatic carbocycles.